The van der Waals surface area contributed by atoms with E-state index in [1.807, 2.05) is 0 Å². The summed E-state index contributed by atoms with van der Waals surface area (Å²) in [5.41, 5.74) is 1.05. The number of morpholine rings is 1. The number of hydrogen-bond donors (Lipinski definition) is 2. The van der Waals surface area contributed by atoms with Crippen molar-refractivity contribution < 1.29 is 18.3 Å². The fraction of sp³-hybridized carbons (Fsp3) is 0.500. The molecule has 1 amide bonds. The molecular weight excluding hydrogens is 536 g/mol. The van der Waals surface area contributed by atoms with Crippen LogP contribution in [0.25, 0.3) is 16.9 Å². The molecule has 1 saturated heterocycles. The number of fused-ring (bicyclic) bond motifs is 1. The highest BCUT2D eigenvalue weighted by Gasteiger charge is 2.26. The Labute approximate surface area is 215 Å². The molecule has 5 rings (SSSR count). The van der Waals surface area contributed by atoms with Gasteiger partial charge in [-0.2, -0.15) is 9.97 Å². The van der Waals surface area contributed by atoms with Crippen molar-refractivity contribution in [3.05, 3.63) is 36.2 Å². The first-order valence-corrected chi connectivity index (χ1v) is 13.2. The minimum absolute atomic E-state index is 0.0139. The Morgan fingerprint density at radius 2 is 1.75 bits per heavy atom. The highest BCUT2D eigenvalue weighted by Crippen LogP contribution is 2.30. The monoisotopic (exact) mass is 563 g/mol. The predicted molar refractivity (Wildman–Crippen MR) is 136 cm³/mol. The summed E-state index contributed by atoms with van der Waals surface area (Å²) in [6.45, 7) is 2.45. The Morgan fingerprint density at radius 1 is 1.06 bits per heavy atom. The number of alkyl halides is 3. The molecule has 1 saturated carbocycles. The van der Waals surface area contributed by atoms with Crippen LogP contribution in [0.15, 0.2) is 30.3 Å². The summed E-state index contributed by atoms with van der Waals surface area (Å²) in [6, 6.07) is 9.06. The van der Waals surface area contributed by atoms with Crippen LogP contribution < -0.4 is 15.5 Å². The van der Waals surface area contributed by atoms with Crippen LogP contribution in [0.2, 0.25) is 0 Å². The van der Waals surface area contributed by atoms with Crippen LogP contribution in [0.1, 0.15) is 37.9 Å². The average molecular weight is 564 g/mol. The van der Waals surface area contributed by atoms with E-state index in [0.717, 1.165) is 25.7 Å². The highest BCUT2D eigenvalue weighted by atomic mass is 79.9. The Balaban J connectivity index is 1.46. The molecule has 0 bridgehead atoms. The van der Waals surface area contributed by atoms with Crippen molar-refractivity contribution in [3.63, 3.8) is 0 Å². The van der Waals surface area contributed by atoms with Gasteiger partial charge < -0.3 is 20.3 Å². The number of benzene rings is 1. The van der Waals surface area contributed by atoms with E-state index in [1.165, 1.54) is 4.57 Å². The van der Waals surface area contributed by atoms with Gasteiger partial charge in [0.25, 0.3) is 6.43 Å². The number of imidazole rings is 1. The SMILES string of the molecule is O=C(CBr)NC1CCC(Nc2nc(N3CCOCC3)cc(-n3c(C(F)F)nc4ccccc43)n2)CC1. The molecule has 1 aliphatic carbocycles. The summed E-state index contributed by atoms with van der Waals surface area (Å²) in [4.78, 5) is 27.4. The second-order valence-corrected chi connectivity index (χ2v) is 9.56. The van der Waals surface area contributed by atoms with E-state index in [9.17, 15) is 13.6 Å². The van der Waals surface area contributed by atoms with E-state index in [1.54, 1.807) is 30.3 Å². The Morgan fingerprint density at radius 3 is 2.47 bits per heavy atom. The minimum atomic E-state index is -2.76. The lowest BCUT2D eigenvalue weighted by Gasteiger charge is -2.31. The summed E-state index contributed by atoms with van der Waals surface area (Å²) < 4.78 is 35.0. The van der Waals surface area contributed by atoms with Gasteiger partial charge in [-0.05, 0) is 37.8 Å². The van der Waals surface area contributed by atoms with Crippen molar-refractivity contribution >= 4 is 44.6 Å². The van der Waals surface area contributed by atoms with Crippen molar-refractivity contribution in [1.82, 2.24) is 24.8 Å². The number of amides is 1. The van der Waals surface area contributed by atoms with Crippen LogP contribution in [0, 0.1) is 0 Å². The van der Waals surface area contributed by atoms with Gasteiger partial charge in [0.05, 0.1) is 29.6 Å². The third-order valence-corrected chi connectivity index (χ3v) is 7.10. The molecule has 2 N–H and O–H groups in total. The largest absolute Gasteiger partial charge is 0.378 e. The minimum Gasteiger partial charge on any atom is -0.378 e. The van der Waals surface area contributed by atoms with Crippen molar-refractivity contribution in [2.45, 2.75) is 44.2 Å². The summed E-state index contributed by atoms with van der Waals surface area (Å²) >= 11 is 3.18. The van der Waals surface area contributed by atoms with Crippen LogP contribution in [-0.4, -0.2) is 69.1 Å². The number of halogens is 3. The van der Waals surface area contributed by atoms with Gasteiger partial charge in [-0.3, -0.25) is 9.36 Å². The van der Waals surface area contributed by atoms with Crippen molar-refractivity contribution in [1.29, 1.82) is 0 Å². The number of ether oxygens (including phenoxy) is 1. The summed E-state index contributed by atoms with van der Waals surface area (Å²) in [7, 11) is 0. The second kappa shape index (κ2) is 11.0. The number of para-hydroxylation sites is 2. The molecule has 3 heterocycles. The maximum atomic E-state index is 14.0. The predicted octanol–water partition coefficient (Wildman–Crippen LogP) is 3.82. The van der Waals surface area contributed by atoms with Gasteiger partial charge >= 0.3 is 0 Å². The first kappa shape index (κ1) is 24.8. The van der Waals surface area contributed by atoms with Crippen LogP contribution >= 0.6 is 15.9 Å². The molecule has 0 unspecified atom stereocenters. The molecule has 36 heavy (non-hydrogen) atoms. The lowest BCUT2D eigenvalue weighted by atomic mass is 9.91. The molecule has 192 valence electrons. The number of hydrogen-bond acceptors (Lipinski definition) is 7. The first-order chi connectivity index (χ1) is 17.5. The maximum Gasteiger partial charge on any atom is 0.296 e. The Bertz CT molecular complexity index is 1210. The smallest absolute Gasteiger partial charge is 0.296 e. The molecule has 12 heteroatoms. The molecule has 1 aliphatic heterocycles. The first-order valence-electron chi connectivity index (χ1n) is 12.1. The molecule has 2 aliphatic rings. The maximum absolute atomic E-state index is 14.0. The highest BCUT2D eigenvalue weighted by molar-refractivity contribution is 9.09. The number of nitrogens with one attached hydrogen (secondary N) is 2. The van der Waals surface area contributed by atoms with Crippen molar-refractivity contribution in [3.8, 4) is 5.82 Å². The van der Waals surface area contributed by atoms with Crippen LogP contribution in [0.5, 0.6) is 0 Å². The molecule has 0 spiro atoms. The van der Waals surface area contributed by atoms with E-state index < -0.39 is 6.43 Å². The number of rotatable bonds is 7. The Hall–Kier alpha value is -2.86. The van der Waals surface area contributed by atoms with Gasteiger partial charge in [-0.1, -0.05) is 28.1 Å². The quantitative estimate of drug-likeness (QED) is 0.422. The Kier molecular flexibility index (Phi) is 7.61. The van der Waals surface area contributed by atoms with Crippen molar-refractivity contribution in [2.24, 2.45) is 0 Å². The number of carbonyl (C=O) groups excluding carboxylic acids is 1. The third kappa shape index (κ3) is 5.44. The molecule has 2 aromatic heterocycles. The standard InChI is InChI=1S/C24H28BrF2N7O2/c25-14-21(35)28-15-5-7-16(8-6-15)29-24-31-19(33-9-11-36-12-10-33)13-20(32-24)34-18-4-2-1-3-17(18)30-23(34)22(26)27/h1-4,13,15-16,22H,5-12,14H2,(H,28,35)(H,29,31,32). The zero-order valence-corrected chi connectivity index (χ0v) is 21.3. The fourth-order valence-corrected chi connectivity index (χ4v) is 4.98. The number of nitrogens with zero attached hydrogens (tertiary/aromatic N) is 5. The van der Waals surface area contributed by atoms with Crippen LogP contribution in [0.4, 0.5) is 20.5 Å². The normalized spacial score (nSPS) is 20.6. The molecular formula is C24H28BrF2N7O2. The molecule has 2 fully saturated rings. The number of aromatic nitrogens is 4. The molecule has 1 aromatic carbocycles. The lowest BCUT2D eigenvalue weighted by molar-refractivity contribution is -0.119. The van der Waals surface area contributed by atoms with E-state index >= 15 is 0 Å². The zero-order chi connectivity index (χ0) is 25.1. The summed E-state index contributed by atoms with van der Waals surface area (Å²) in [6.07, 6.45) is 0.594. The van der Waals surface area contributed by atoms with E-state index in [-0.39, 0.29) is 23.8 Å². The average Bonchev–Trinajstić information content (AvgIpc) is 3.30. The van der Waals surface area contributed by atoms with Gasteiger partial charge in [0.1, 0.15) is 11.6 Å². The van der Waals surface area contributed by atoms with Crippen molar-refractivity contribution in [2.75, 3.05) is 41.9 Å². The lowest BCUT2D eigenvalue weighted by Crippen LogP contribution is -2.41. The van der Waals surface area contributed by atoms with E-state index in [2.05, 4.69) is 41.4 Å². The van der Waals surface area contributed by atoms with Gasteiger partial charge in [0.2, 0.25) is 11.9 Å². The number of anilines is 2. The van der Waals surface area contributed by atoms with E-state index in [4.69, 9.17) is 9.72 Å². The zero-order valence-electron chi connectivity index (χ0n) is 19.7. The van der Waals surface area contributed by atoms with Crippen LogP contribution in [0.3, 0.4) is 0 Å². The topological polar surface area (TPSA) is 97.2 Å². The second-order valence-electron chi connectivity index (χ2n) is 9.00. The van der Waals surface area contributed by atoms with Gasteiger partial charge in [0, 0.05) is 31.2 Å². The molecule has 0 radical (unpaired) electrons. The third-order valence-electron chi connectivity index (χ3n) is 6.59. The molecule has 3 aromatic rings. The molecule has 0 atom stereocenters. The van der Waals surface area contributed by atoms with Gasteiger partial charge in [-0.15, -0.1) is 0 Å². The van der Waals surface area contributed by atoms with Crippen LogP contribution in [-0.2, 0) is 9.53 Å². The summed E-state index contributed by atoms with van der Waals surface area (Å²) in [5.74, 6) is 1.02. The van der Waals surface area contributed by atoms with Gasteiger partial charge in [-0.25, -0.2) is 13.8 Å². The van der Waals surface area contributed by atoms with E-state index in [0.29, 0.717) is 60.3 Å². The summed E-state index contributed by atoms with van der Waals surface area (Å²) in [5, 5.41) is 6.74. The fourth-order valence-electron chi connectivity index (χ4n) is 4.82. The number of carbonyl (C=O) groups is 1. The van der Waals surface area contributed by atoms with Gasteiger partial charge in [0.15, 0.2) is 5.82 Å². The molecule has 9 nitrogen and oxygen atoms in total.